The third-order valence-corrected chi connectivity index (χ3v) is 14.9. The molecule has 1 aliphatic carbocycles. The molecule has 4 aromatic carbocycles. The summed E-state index contributed by atoms with van der Waals surface area (Å²) in [5.74, 6) is -0.227. The lowest BCUT2D eigenvalue weighted by molar-refractivity contribution is -0.135. The highest BCUT2D eigenvalue weighted by atomic mass is 19.1. The van der Waals surface area contributed by atoms with Gasteiger partial charge in [0.25, 0.3) is 5.91 Å². The Morgan fingerprint density at radius 1 is 0.932 bits per heavy atom. The van der Waals surface area contributed by atoms with Crippen LogP contribution in [0, 0.1) is 12.7 Å². The number of aromatic amines is 1. The van der Waals surface area contributed by atoms with E-state index in [2.05, 4.69) is 31.8 Å². The number of aromatic nitrogens is 6. The van der Waals surface area contributed by atoms with Crippen molar-refractivity contribution >= 4 is 50.6 Å². The Morgan fingerprint density at radius 3 is 2.48 bits per heavy atom. The van der Waals surface area contributed by atoms with Gasteiger partial charge >= 0.3 is 11.7 Å². The number of H-pyrrole nitrogens is 1. The number of halogens is 1. The fourth-order valence-electron chi connectivity index (χ4n) is 10.6. The van der Waals surface area contributed by atoms with Gasteiger partial charge in [-0.25, -0.2) is 9.18 Å². The van der Waals surface area contributed by atoms with E-state index < -0.39 is 11.9 Å². The van der Waals surface area contributed by atoms with Crippen molar-refractivity contribution in [1.82, 2.24) is 49.7 Å². The topological polar surface area (TPSA) is 200 Å². The van der Waals surface area contributed by atoms with Gasteiger partial charge in [-0.1, -0.05) is 18.2 Å². The number of fused-ring (bicyclic) bond motifs is 3. The maximum Gasteiger partial charge on any atom is 0.329 e. The van der Waals surface area contributed by atoms with Crippen LogP contribution in [0.1, 0.15) is 90.5 Å². The van der Waals surface area contributed by atoms with E-state index in [1.807, 2.05) is 61.2 Å². The molecule has 0 radical (unpaired) electrons. The first-order valence-electron chi connectivity index (χ1n) is 25.2. The van der Waals surface area contributed by atoms with Gasteiger partial charge in [-0.15, -0.1) is 0 Å². The molecule has 1 saturated carbocycles. The van der Waals surface area contributed by atoms with Crippen molar-refractivity contribution in [3.63, 3.8) is 0 Å². The zero-order chi connectivity index (χ0) is 50.7. The number of benzene rings is 4. The second-order valence-corrected chi connectivity index (χ2v) is 20.0. The van der Waals surface area contributed by atoms with Crippen molar-refractivity contribution < 1.29 is 37.7 Å². The molecule has 19 heteroatoms. The highest BCUT2D eigenvalue weighted by molar-refractivity contribution is 6.05. The van der Waals surface area contributed by atoms with Crippen LogP contribution >= 0.6 is 0 Å². The number of carbonyl (C=O) groups excluding carboxylic acids is 3. The molecule has 6 heterocycles. The number of ether oxygens (including phenoxy) is 4. The first-order chi connectivity index (χ1) is 35.3. The van der Waals surface area contributed by atoms with Crippen molar-refractivity contribution in [2.45, 2.75) is 96.2 Å². The number of methoxy groups -OCH3 is 1. The largest absolute Gasteiger partial charge is 0.486 e. The van der Waals surface area contributed by atoms with Crippen molar-refractivity contribution in [1.29, 1.82) is 0 Å². The van der Waals surface area contributed by atoms with Crippen LogP contribution in [0.2, 0.25) is 0 Å². The number of amides is 3. The molecule has 4 atom stereocenters. The first-order valence-corrected chi connectivity index (χ1v) is 25.2. The van der Waals surface area contributed by atoms with Crippen LogP contribution in [0.15, 0.2) is 65.6 Å². The third-order valence-electron chi connectivity index (χ3n) is 14.9. The summed E-state index contributed by atoms with van der Waals surface area (Å²) in [5.41, 5.74) is 7.28. The van der Waals surface area contributed by atoms with Crippen LogP contribution in [0.25, 0.3) is 44.0 Å². The molecular formula is C54H59FN10O8. The standard InChI is InChI=1S/C54H59FN10O8/c1-29-25-63(26-33-8-13-42-44(20-33)62(4)54(69)65(42)43-14-15-45(66)58-50(43)67)18-19-64(29)52(68)35-9-6-32(7-10-35)28-71-49-47(46-31(3)40(55)22-41-39(46)24-57-61-41)37(34-11-12-34)21-38-48(49)59-53(72-27-30(2)70-5)60-51(38)73-36-16-17-56-23-36/h6-10,13,20-22,24,29-30,34,36,43,56H,11-12,14-19,23,25-28H2,1-5H3,(H,57,61)(H,58,66,67)/t29-,30-,36+,43?/m0/s1. The molecule has 3 aliphatic heterocycles. The molecule has 73 heavy (non-hydrogen) atoms. The number of carbonyl (C=O) groups is 3. The molecule has 4 fully saturated rings. The number of nitrogens with one attached hydrogen (secondary N) is 3. The Morgan fingerprint density at radius 2 is 1.74 bits per heavy atom. The molecule has 7 aromatic rings. The predicted molar refractivity (Wildman–Crippen MR) is 270 cm³/mol. The van der Waals surface area contributed by atoms with E-state index >= 15 is 4.39 Å². The van der Waals surface area contributed by atoms with E-state index in [-0.39, 0.29) is 79.6 Å². The van der Waals surface area contributed by atoms with E-state index in [1.54, 1.807) is 31.8 Å². The quantitative estimate of drug-likeness (QED) is 0.0981. The number of aryl methyl sites for hydroxylation is 1. The SMILES string of the molecule is CO[C@@H](C)COc1nc(O[C@@H]2CCNC2)c2cc(C3CC3)c(-c3c(C)c(F)cc4[nH]ncc34)c(OCc3ccc(C(=O)N4CCN(Cc5ccc6c(c5)n(C)c(=O)n6C5CCC(=O)NC5=O)C[C@@H]4C)cc3)c2n1. The Labute approximate surface area is 420 Å². The second-order valence-electron chi connectivity index (χ2n) is 20.0. The highest BCUT2D eigenvalue weighted by Crippen LogP contribution is 2.53. The van der Waals surface area contributed by atoms with Crippen LogP contribution in [-0.2, 0) is 34.5 Å². The van der Waals surface area contributed by atoms with E-state index in [0.29, 0.717) is 88.5 Å². The van der Waals surface area contributed by atoms with Crippen LogP contribution in [0.3, 0.4) is 0 Å². The molecular weight excluding hydrogens is 936 g/mol. The van der Waals surface area contributed by atoms with E-state index in [1.165, 1.54) is 10.6 Å². The predicted octanol–water partition coefficient (Wildman–Crippen LogP) is 6.21. The zero-order valence-electron chi connectivity index (χ0n) is 41.6. The molecule has 0 bridgehead atoms. The minimum atomic E-state index is -0.749. The lowest BCUT2D eigenvalue weighted by Gasteiger charge is -2.40. The molecule has 3 N–H and O–H groups in total. The molecule has 3 aromatic heterocycles. The number of rotatable bonds is 15. The lowest BCUT2D eigenvalue weighted by atomic mass is 9.89. The summed E-state index contributed by atoms with van der Waals surface area (Å²) >= 11 is 0. The zero-order valence-corrected chi connectivity index (χ0v) is 41.6. The van der Waals surface area contributed by atoms with Gasteiger partial charge in [-0.2, -0.15) is 15.1 Å². The first kappa shape index (κ1) is 48.1. The summed E-state index contributed by atoms with van der Waals surface area (Å²) < 4.78 is 44.2. The molecule has 3 amide bonds. The van der Waals surface area contributed by atoms with E-state index in [0.717, 1.165) is 53.4 Å². The monoisotopic (exact) mass is 994 g/mol. The minimum Gasteiger partial charge on any atom is -0.486 e. The number of piperazine rings is 1. The maximum atomic E-state index is 16.0. The van der Waals surface area contributed by atoms with Crippen molar-refractivity contribution in [3.8, 4) is 28.8 Å². The maximum absolute atomic E-state index is 16.0. The Kier molecular flexibility index (Phi) is 12.9. The van der Waals surface area contributed by atoms with E-state index in [9.17, 15) is 19.2 Å². The van der Waals surface area contributed by atoms with Gasteiger partial charge in [0.1, 0.15) is 36.7 Å². The summed E-state index contributed by atoms with van der Waals surface area (Å²) in [6.45, 7) is 9.94. The fourth-order valence-corrected chi connectivity index (χ4v) is 10.6. The Bertz CT molecular complexity index is 3360. The van der Waals surface area contributed by atoms with E-state index in [4.69, 9.17) is 28.9 Å². The summed E-state index contributed by atoms with van der Waals surface area (Å²) in [5, 5.41) is 14.4. The molecule has 380 valence electrons. The van der Waals surface area contributed by atoms with Crippen LogP contribution in [-0.4, -0.2) is 122 Å². The summed E-state index contributed by atoms with van der Waals surface area (Å²) in [6.07, 6.45) is 4.53. The normalized spacial score (nSPS) is 20.0. The number of piperidine rings is 1. The van der Waals surface area contributed by atoms with Gasteiger partial charge in [-0.05, 0) is 118 Å². The van der Waals surface area contributed by atoms with Gasteiger partial charge in [0.2, 0.25) is 17.7 Å². The average molecular weight is 995 g/mol. The number of hydrogen-bond donors (Lipinski definition) is 3. The average Bonchev–Trinajstić information content (AvgIpc) is 3.80. The molecule has 11 rings (SSSR count). The number of imidazole rings is 1. The summed E-state index contributed by atoms with van der Waals surface area (Å²) in [6, 6.07) is 16.1. The minimum absolute atomic E-state index is 0.0704. The molecule has 1 unspecified atom stereocenters. The van der Waals surface area contributed by atoms with Gasteiger partial charge in [-0.3, -0.25) is 38.8 Å². The summed E-state index contributed by atoms with van der Waals surface area (Å²) in [7, 11) is 3.31. The Hall–Kier alpha value is -7.22. The lowest BCUT2D eigenvalue weighted by Crippen LogP contribution is -2.53. The van der Waals surface area contributed by atoms with Crippen LogP contribution in [0.4, 0.5) is 4.39 Å². The smallest absolute Gasteiger partial charge is 0.329 e. The van der Waals surface area contributed by atoms with Crippen molar-refractivity contribution in [3.05, 3.63) is 105 Å². The van der Waals surface area contributed by atoms with Crippen LogP contribution in [0.5, 0.6) is 17.6 Å². The third kappa shape index (κ3) is 9.29. The second kappa shape index (κ2) is 19.7. The van der Waals surface area contributed by atoms with Gasteiger partial charge < -0.3 is 29.2 Å². The molecule has 4 aliphatic rings. The molecule has 3 saturated heterocycles. The van der Waals surface area contributed by atoms with Crippen LogP contribution < -0.4 is 30.5 Å². The van der Waals surface area contributed by atoms with Crippen molar-refractivity contribution in [2.24, 2.45) is 7.05 Å². The fraction of sp³-hybridized carbons (Fsp3) is 0.426. The number of imide groups is 1. The van der Waals surface area contributed by atoms with Gasteiger partial charge in [0.05, 0.1) is 34.2 Å². The summed E-state index contributed by atoms with van der Waals surface area (Å²) in [4.78, 5) is 66.1. The number of nitrogens with zero attached hydrogens (tertiary/aromatic N) is 7. The van der Waals surface area contributed by atoms with Crippen molar-refractivity contribution in [2.75, 3.05) is 46.4 Å². The molecule has 18 nitrogen and oxygen atoms in total. The number of hydrogen-bond acceptors (Lipinski definition) is 13. The van der Waals surface area contributed by atoms with Gasteiger partial charge in [0, 0.05) is 81.4 Å². The Balaban J connectivity index is 0.850. The highest BCUT2D eigenvalue weighted by Gasteiger charge is 2.35. The molecule has 0 spiro atoms. The van der Waals surface area contributed by atoms with Gasteiger partial charge in [0.15, 0.2) is 5.75 Å².